The maximum atomic E-state index is 13.4. The molecule has 1 atom stereocenters. The van der Waals surface area contributed by atoms with E-state index in [1.54, 1.807) is 4.90 Å². The van der Waals surface area contributed by atoms with E-state index in [9.17, 15) is 18.0 Å². The third-order valence-electron chi connectivity index (χ3n) is 5.33. The minimum Gasteiger partial charge on any atom is -0.406 e. The molecule has 0 spiro atoms. The Morgan fingerprint density at radius 3 is 2.33 bits per heavy atom. The van der Waals surface area contributed by atoms with Gasteiger partial charge in [-0.05, 0) is 49.3 Å². The van der Waals surface area contributed by atoms with Crippen LogP contribution in [0.15, 0.2) is 29.3 Å². The number of hydrogen-bond donors (Lipinski definition) is 1. The fraction of sp³-hybridized carbons (Fsp3) is 0.556. The van der Waals surface area contributed by atoms with Gasteiger partial charge in [0, 0.05) is 19.3 Å². The Balaban J connectivity index is 1.65. The number of aliphatic imine (C=N–C) groups is 1. The van der Waals surface area contributed by atoms with Gasteiger partial charge in [0.25, 0.3) is 5.91 Å². The number of carbonyl (C=O) groups is 1. The van der Waals surface area contributed by atoms with Gasteiger partial charge in [-0.25, -0.2) is 4.99 Å². The molecule has 1 aromatic carbocycles. The number of ether oxygens (including phenoxy) is 2. The molecule has 2 fully saturated rings. The largest absolute Gasteiger partial charge is 0.573 e. The molecule has 9 heteroatoms. The van der Waals surface area contributed by atoms with Gasteiger partial charge in [-0.2, -0.15) is 0 Å². The summed E-state index contributed by atoms with van der Waals surface area (Å²) in [5.41, 5.74) is 5.52. The summed E-state index contributed by atoms with van der Waals surface area (Å²) in [5.74, 6) is -0.350. The number of hydrogen-bond acceptors (Lipinski definition) is 5. The van der Waals surface area contributed by atoms with Crippen LogP contribution in [-0.2, 0) is 15.1 Å². The van der Waals surface area contributed by atoms with E-state index in [1.807, 2.05) is 0 Å². The molecule has 0 aromatic heterocycles. The van der Waals surface area contributed by atoms with Gasteiger partial charge >= 0.3 is 6.36 Å². The average Bonchev–Trinajstić information content (AvgIpc) is 3.42. The van der Waals surface area contributed by atoms with Crippen molar-refractivity contribution in [2.75, 3.05) is 13.2 Å². The van der Waals surface area contributed by atoms with E-state index in [0.29, 0.717) is 31.6 Å². The minimum absolute atomic E-state index is 0.00257. The molecule has 1 saturated carbocycles. The first-order chi connectivity index (χ1) is 12.8. The van der Waals surface area contributed by atoms with Crippen LogP contribution in [0.2, 0.25) is 0 Å². The van der Waals surface area contributed by atoms with Crippen molar-refractivity contribution < 1.29 is 27.4 Å². The maximum absolute atomic E-state index is 13.4. The van der Waals surface area contributed by atoms with E-state index in [2.05, 4.69) is 9.73 Å². The zero-order chi connectivity index (χ0) is 19.2. The molecule has 2 N–H and O–H groups in total. The monoisotopic (exact) mass is 383 g/mol. The molecule has 6 nitrogen and oxygen atoms in total. The van der Waals surface area contributed by atoms with Crippen LogP contribution < -0.4 is 10.5 Å². The lowest BCUT2D eigenvalue weighted by Gasteiger charge is -2.33. The van der Waals surface area contributed by atoms with Crippen LogP contribution in [0.3, 0.4) is 0 Å². The molecule has 3 aliphatic rings. The van der Waals surface area contributed by atoms with Crippen LogP contribution in [0.4, 0.5) is 13.2 Å². The van der Waals surface area contributed by atoms with Crippen LogP contribution in [-0.4, -0.2) is 42.4 Å². The second kappa shape index (κ2) is 6.40. The second-order valence-electron chi connectivity index (χ2n) is 7.10. The van der Waals surface area contributed by atoms with Gasteiger partial charge in [-0.3, -0.25) is 9.69 Å². The van der Waals surface area contributed by atoms with Crippen LogP contribution >= 0.6 is 0 Å². The Labute approximate surface area is 154 Å². The van der Waals surface area contributed by atoms with Crippen LogP contribution in [0.5, 0.6) is 5.75 Å². The predicted octanol–water partition coefficient (Wildman–Crippen LogP) is 2.53. The molecule has 1 amide bonds. The SMILES string of the molecule is NC1=NC(c2ccc(OC(F)(F)F)cc2)(C2CC2)C(=O)N1C1CCOCC1. The zero-order valence-corrected chi connectivity index (χ0v) is 14.5. The molecular weight excluding hydrogens is 363 g/mol. The molecule has 0 bridgehead atoms. The lowest BCUT2D eigenvalue weighted by atomic mass is 9.84. The van der Waals surface area contributed by atoms with Gasteiger partial charge in [0.1, 0.15) is 5.75 Å². The van der Waals surface area contributed by atoms with E-state index in [4.69, 9.17) is 10.5 Å². The topological polar surface area (TPSA) is 77.2 Å². The normalized spacial score (nSPS) is 27.0. The molecular formula is C18H20F3N3O3. The molecule has 2 heterocycles. The number of guanidine groups is 1. The number of rotatable bonds is 4. The molecule has 0 radical (unpaired) electrons. The lowest BCUT2D eigenvalue weighted by molar-refractivity contribution is -0.274. The first kappa shape index (κ1) is 18.1. The quantitative estimate of drug-likeness (QED) is 0.867. The van der Waals surface area contributed by atoms with Crippen molar-refractivity contribution in [2.24, 2.45) is 16.6 Å². The summed E-state index contributed by atoms with van der Waals surface area (Å²) in [6, 6.07) is 5.30. The first-order valence-electron chi connectivity index (χ1n) is 8.94. The Morgan fingerprint density at radius 2 is 1.78 bits per heavy atom. The van der Waals surface area contributed by atoms with Gasteiger partial charge in [-0.15, -0.1) is 13.2 Å². The number of nitrogens with two attached hydrogens (primary N) is 1. The number of alkyl halides is 3. The molecule has 27 heavy (non-hydrogen) atoms. The fourth-order valence-electron chi connectivity index (χ4n) is 3.97. The Morgan fingerprint density at radius 1 is 1.15 bits per heavy atom. The minimum atomic E-state index is -4.76. The average molecular weight is 383 g/mol. The van der Waals surface area contributed by atoms with Crippen molar-refractivity contribution in [2.45, 2.75) is 43.6 Å². The zero-order valence-electron chi connectivity index (χ0n) is 14.5. The Kier molecular flexibility index (Phi) is 4.29. The smallest absolute Gasteiger partial charge is 0.406 e. The highest BCUT2D eigenvalue weighted by Gasteiger charge is 2.59. The fourth-order valence-corrected chi connectivity index (χ4v) is 3.97. The third-order valence-corrected chi connectivity index (χ3v) is 5.33. The summed E-state index contributed by atoms with van der Waals surface area (Å²) in [6.45, 7) is 1.11. The number of benzene rings is 1. The van der Waals surface area contributed by atoms with E-state index < -0.39 is 11.9 Å². The third kappa shape index (κ3) is 3.24. The van der Waals surface area contributed by atoms with E-state index >= 15 is 0 Å². The van der Waals surface area contributed by atoms with Crippen molar-refractivity contribution in [1.29, 1.82) is 0 Å². The summed E-state index contributed by atoms with van der Waals surface area (Å²) in [5, 5.41) is 0. The van der Waals surface area contributed by atoms with Gasteiger partial charge in [0.15, 0.2) is 11.5 Å². The number of nitrogens with zero attached hydrogens (tertiary/aromatic N) is 2. The summed E-state index contributed by atoms with van der Waals surface area (Å²) < 4.78 is 46.5. The Hall–Kier alpha value is -2.29. The van der Waals surface area contributed by atoms with E-state index in [0.717, 1.165) is 12.8 Å². The van der Waals surface area contributed by atoms with Crippen molar-refractivity contribution in [3.8, 4) is 5.75 Å². The van der Waals surface area contributed by atoms with Crippen molar-refractivity contribution >= 4 is 11.9 Å². The molecule has 1 aliphatic carbocycles. The highest BCUT2D eigenvalue weighted by Crippen LogP contribution is 2.52. The van der Waals surface area contributed by atoms with Crippen molar-refractivity contribution in [3.63, 3.8) is 0 Å². The number of halogens is 3. The highest BCUT2D eigenvalue weighted by molar-refractivity contribution is 6.08. The van der Waals surface area contributed by atoms with Crippen LogP contribution in [0, 0.1) is 5.92 Å². The van der Waals surface area contributed by atoms with Crippen LogP contribution in [0.25, 0.3) is 0 Å². The molecule has 4 rings (SSSR count). The van der Waals surface area contributed by atoms with Crippen molar-refractivity contribution in [1.82, 2.24) is 4.90 Å². The Bertz CT molecular complexity index is 755. The van der Waals surface area contributed by atoms with Gasteiger partial charge in [-0.1, -0.05) is 12.1 Å². The second-order valence-corrected chi connectivity index (χ2v) is 7.10. The highest BCUT2D eigenvalue weighted by atomic mass is 19.4. The lowest BCUT2D eigenvalue weighted by Crippen LogP contribution is -2.51. The summed E-state index contributed by atoms with van der Waals surface area (Å²) >= 11 is 0. The van der Waals surface area contributed by atoms with Gasteiger partial charge in [0.05, 0.1) is 0 Å². The van der Waals surface area contributed by atoms with Gasteiger partial charge in [0.2, 0.25) is 0 Å². The van der Waals surface area contributed by atoms with E-state index in [-0.39, 0.29) is 29.6 Å². The van der Waals surface area contributed by atoms with Gasteiger partial charge < -0.3 is 15.2 Å². The summed E-state index contributed by atoms with van der Waals surface area (Å²) in [7, 11) is 0. The molecule has 2 aliphatic heterocycles. The maximum Gasteiger partial charge on any atom is 0.573 e. The summed E-state index contributed by atoms with van der Waals surface area (Å²) in [4.78, 5) is 19.5. The van der Waals surface area contributed by atoms with E-state index in [1.165, 1.54) is 24.3 Å². The molecule has 1 unspecified atom stereocenters. The summed E-state index contributed by atoms with van der Waals surface area (Å²) in [6.07, 6.45) is -1.75. The molecule has 146 valence electrons. The van der Waals surface area contributed by atoms with Crippen LogP contribution in [0.1, 0.15) is 31.2 Å². The standard InChI is InChI=1S/C18H20F3N3O3/c19-18(20,21)27-14-5-3-12(4-6-14)17(11-1-2-11)15(25)24(16(22)23-17)13-7-9-26-10-8-13/h3-6,11,13H,1-2,7-10H2,(H2,22,23). The molecule has 1 aromatic rings. The van der Waals surface area contributed by atoms with Crippen molar-refractivity contribution in [3.05, 3.63) is 29.8 Å². The predicted molar refractivity (Wildman–Crippen MR) is 89.8 cm³/mol. The first-order valence-corrected chi connectivity index (χ1v) is 8.94. The molecule has 1 saturated heterocycles. The number of amides is 1. The number of carbonyl (C=O) groups excluding carboxylic acids is 1.